The summed E-state index contributed by atoms with van der Waals surface area (Å²) in [5.41, 5.74) is 14.9. The van der Waals surface area contributed by atoms with Crippen LogP contribution in [-0.4, -0.2) is 15.2 Å². The van der Waals surface area contributed by atoms with Crippen LogP contribution < -0.4 is 11.5 Å². The molecule has 0 saturated carbocycles. The summed E-state index contributed by atoms with van der Waals surface area (Å²) in [6, 6.07) is 18.1. The third-order valence-electron chi connectivity index (χ3n) is 3.00. The van der Waals surface area contributed by atoms with Gasteiger partial charge < -0.3 is 11.5 Å². The van der Waals surface area contributed by atoms with E-state index in [-0.39, 0.29) is 11.8 Å². The van der Waals surface area contributed by atoms with Gasteiger partial charge >= 0.3 is 0 Å². The Balaban J connectivity index is 1.97. The Bertz CT molecular complexity index is 723. The number of anilines is 2. The molecule has 0 aliphatic rings. The van der Waals surface area contributed by atoms with E-state index in [1.165, 1.54) is 0 Å². The molecule has 3 aromatic rings. The molecular weight excluding hydrogens is 250 g/mol. The van der Waals surface area contributed by atoms with Crippen molar-refractivity contribution in [1.29, 1.82) is 0 Å². The number of nitrogens with two attached hydrogens (primary N) is 2. The maximum absolute atomic E-state index is 5.81. The number of rotatable bonds is 2. The summed E-state index contributed by atoms with van der Waals surface area (Å²) in [6.45, 7) is 0. The maximum Gasteiger partial charge on any atom is 0.242 e. The van der Waals surface area contributed by atoms with Crippen molar-refractivity contribution < 1.29 is 0 Å². The fraction of sp³-hybridized carbons (Fsp3) is 0. The number of hydrogen-bond acceptors (Lipinski definition) is 5. The quantitative estimate of drug-likeness (QED) is 0.740. The van der Waals surface area contributed by atoms with Crippen molar-refractivity contribution in [2.45, 2.75) is 0 Å². The second kappa shape index (κ2) is 4.97. The van der Waals surface area contributed by atoms with Gasteiger partial charge in [-0.25, -0.2) is 0 Å². The smallest absolute Gasteiger partial charge is 0.242 e. The molecule has 98 valence electrons. The lowest BCUT2D eigenvalue weighted by Crippen LogP contribution is -2.04. The summed E-state index contributed by atoms with van der Waals surface area (Å²) in [5, 5.41) is 7.72. The van der Waals surface area contributed by atoms with Gasteiger partial charge in [-0.15, -0.1) is 10.2 Å². The van der Waals surface area contributed by atoms with Gasteiger partial charge in [0.2, 0.25) is 5.95 Å². The zero-order valence-corrected chi connectivity index (χ0v) is 10.7. The molecule has 0 amide bonds. The van der Waals surface area contributed by atoms with Gasteiger partial charge in [-0.1, -0.05) is 54.6 Å². The third kappa shape index (κ3) is 2.29. The van der Waals surface area contributed by atoms with Crippen molar-refractivity contribution >= 4 is 11.8 Å². The van der Waals surface area contributed by atoms with E-state index in [4.69, 9.17) is 11.5 Å². The molecule has 1 heterocycles. The normalized spacial score (nSPS) is 10.4. The first-order valence-corrected chi connectivity index (χ1v) is 6.15. The Kier molecular flexibility index (Phi) is 3.01. The molecule has 0 fully saturated rings. The van der Waals surface area contributed by atoms with E-state index in [9.17, 15) is 0 Å². The SMILES string of the molecule is Nc1nnc(-c2ccc(-c3ccccc3)cc2)c(N)n1. The minimum atomic E-state index is 0.0761. The molecule has 4 N–H and O–H groups in total. The number of benzene rings is 2. The molecule has 0 bridgehead atoms. The minimum absolute atomic E-state index is 0.0761. The molecule has 0 aliphatic carbocycles. The van der Waals surface area contributed by atoms with Gasteiger partial charge in [0.25, 0.3) is 0 Å². The minimum Gasteiger partial charge on any atom is -0.382 e. The summed E-state index contributed by atoms with van der Waals surface area (Å²) >= 11 is 0. The topological polar surface area (TPSA) is 90.7 Å². The Morgan fingerprint density at radius 3 is 1.90 bits per heavy atom. The lowest BCUT2D eigenvalue weighted by molar-refractivity contribution is 1.000. The van der Waals surface area contributed by atoms with Crippen molar-refractivity contribution in [2.24, 2.45) is 0 Å². The second-order valence-electron chi connectivity index (χ2n) is 4.35. The maximum atomic E-state index is 5.81. The molecule has 1 aromatic heterocycles. The Morgan fingerprint density at radius 1 is 0.650 bits per heavy atom. The van der Waals surface area contributed by atoms with Gasteiger partial charge in [-0.05, 0) is 11.1 Å². The highest BCUT2D eigenvalue weighted by molar-refractivity contribution is 5.73. The molecular formula is C15H13N5. The highest BCUT2D eigenvalue weighted by Crippen LogP contribution is 2.25. The van der Waals surface area contributed by atoms with E-state index < -0.39 is 0 Å². The van der Waals surface area contributed by atoms with Gasteiger partial charge in [0.05, 0.1) is 0 Å². The Hall–Kier alpha value is -2.95. The van der Waals surface area contributed by atoms with Crippen molar-refractivity contribution in [3.05, 3.63) is 54.6 Å². The average Bonchev–Trinajstić information content (AvgIpc) is 2.48. The summed E-state index contributed by atoms with van der Waals surface area (Å²) in [6.07, 6.45) is 0. The average molecular weight is 263 g/mol. The first-order chi connectivity index (χ1) is 9.74. The highest BCUT2D eigenvalue weighted by atomic mass is 15.2. The summed E-state index contributed by atoms with van der Waals surface area (Å²) < 4.78 is 0. The van der Waals surface area contributed by atoms with Crippen LogP contribution in [0, 0.1) is 0 Å². The molecule has 0 saturated heterocycles. The van der Waals surface area contributed by atoms with Gasteiger partial charge in [0.1, 0.15) is 5.69 Å². The van der Waals surface area contributed by atoms with Crippen LogP contribution >= 0.6 is 0 Å². The Morgan fingerprint density at radius 2 is 1.25 bits per heavy atom. The molecule has 2 aromatic carbocycles. The molecule has 0 aliphatic heterocycles. The molecule has 20 heavy (non-hydrogen) atoms. The van der Waals surface area contributed by atoms with Crippen molar-refractivity contribution in [3.8, 4) is 22.4 Å². The van der Waals surface area contributed by atoms with Crippen molar-refractivity contribution in [3.63, 3.8) is 0 Å². The monoisotopic (exact) mass is 263 g/mol. The predicted octanol–water partition coefficient (Wildman–Crippen LogP) is 2.37. The molecule has 0 unspecified atom stereocenters. The summed E-state index contributed by atoms with van der Waals surface area (Å²) in [5.74, 6) is 0.358. The number of nitrogen functional groups attached to an aromatic ring is 2. The van der Waals surface area contributed by atoms with Gasteiger partial charge in [0, 0.05) is 5.56 Å². The standard InChI is InChI=1S/C15H13N5/c16-14-13(19-20-15(17)18-14)12-8-6-11(7-9-12)10-4-2-1-3-5-10/h1-9H,(H4,16,17,18,20). The first kappa shape index (κ1) is 12.1. The summed E-state index contributed by atoms with van der Waals surface area (Å²) in [7, 11) is 0. The van der Waals surface area contributed by atoms with Gasteiger partial charge in [-0.3, -0.25) is 0 Å². The first-order valence-electron chi connectivity index (χ1n) is 6.15. The van der Waals surface area contributed by atoms with E-state index in [0.29, 0.717) is 5.69 Å². The van der Waals surface area contributed by atoms with Crippen molar-refractivity contribution in [1.82, 2.24) is 15.2 Å². The highest BCUT2D eigenvalue weighted by Gasteiger charge is 2.07. The van der Waals surface area contributed by atoms with E-state index in [2.05, 4.69) is 27.3 Å². The van der Waals surface area contributed by atoms with E-state index >= 15 is 0 Å². The zero-order valence-electron chi connectivity index (χ0n) is 10.7. The van der Waals surface area contributed by atoms with Crippen LogP contribution in [0.25, 0.3) is 22.4 Å². The molecule has 5 nitrogen and oxygen atoms in total. The fourth-order valence-electron chi connectivity index (χ4n) is 2.01. The van der Waals surface area contributed by atoms with E-state index in [1.54, 1.807) is 0 Å². The van der Waals surface area contributed by atoms with Gasteiger partial charge in [0.15, 0.2) is 5.82 Å². The van der Waals surface area contributed by atoms with E-state index in [1.807, 2.05) is 42.5 Å². The van der Waals surface area contributed by atoms with Crippen LogP contribution in [0.15, 0.2) is 54.6 Å². The lowest BCUT2D eigenvalue weighted by Gasteiger charge is -2.05. The van der Waals surface area contributed by atoms with Crippen LogP contribution in [0.3, 0.4) is 0 Å². The van der Waals surface area contributed by atoms with Crippen LogP contribution in [-0.2, 0) is 0 Å². The van der Waals surface area contributed by atoms with Crippen LogP contribution in [0.1, 0.15) is 0 Å². The zero-order chi connectivity index (χ0) is 13.9. The molecule has 0 atom stereocenters. The van der Waals surface area contributed by atoms with Crippen molar-refractivity contribution in [2.75, 3.05) is 11.5 Å². The second-order valence-corrected chi connectivity index (χ2v) is 4.35. The molecule has 0 spiro atoms. The van der Waals surface area contributed by atoms with Crippen LogP contribution in [0.4, 0.5) is 11.8 Å². The molecule has 5 heteroatoms. The molecule has 3 rings (SSSR count). The van der Waals surface area contributed by atoms with E-state index in [0.717, 1.165) is 16.7 Å². The van der Waals surface area contributed by atoms with Crippen LogP contribution in [0.5, 0.6) is 0 Å². The lowest BCUT2D eigenvalue weighted by atomic mass is 10.0. The van der Waals surface area contributed by atoms with Crippen LogP contribution in [0.2, 0.25) is 0 Å². The molecule has 0 radical (unpaired) electrons. The summed E-state index contributed by atoms with van der Waals surface area (Å²) in [4.78, 5) is 3.91. The fourth-order valence-corrected chi connectivity index (χ4v) is 2.01. The number of nitrogens with zero attached hydrogens (tertiary/aromatic N) is 3. The van der Waals surface area contributed by atoms with Gasteiger partial charge in [-0.2, -0.15) is 4.98 Å². The third-order valence-corrected chi connectivity index (χ3v) is 3.00. The Labute approximate surface area is 116 Å². The number of aromatic nitrogens is 3. The largest absolute Gasteiger partial charge is 0.382 e. The number of hydrogen-bond donors (Lipinski definition) is 2. The predicted molar refractivity (Wildman–Crippen MR) is 79.5 cm³/mol.